The highest BCUT2D eigenvalue weighted by Gasteiger charge is 2.36. The molecule has 0 unspecified atom stereocenters. The van der Waals surface area contributed by atoms with Gasteiger partial charge in [-0.1, -0.05) is 0 Å². The minimum absolute atomic E-state index is 0.0867. The molecule has 2 N–H and O–H groups in total. The van der Waals surface area contributed by atoms with Gasteiger partial charge in [-0.05, 0) is 40.7 Å². The number of amides is 1. The summed E-state index contributed by atoms with van der Waals surface area (Å²) in [6.07, 6.45) is 1.62. The normalized spacial score (nSPS) is 12.4. The van der Waals surface area contributed by atoms with E-state index in [0.717, 1.165) is 0 Å². The van der Waals surface area contributed by atoms with E-state index in [1.807, 2.05) is 0 Å². The minimum atomic E-state index is -1.06. The van der Waals surface area contributed by atoms with Crippen molar-refractivity contribution in [3.8, 4) is 0 Å². The lowest BCUT2D eigenvalue weighted by Gasteiger charge is -2.37. The third kappa shape index (κ3) is 3.23. The van der Waals surface area contributed by atoms with Crippen LogP contribution in [0.1, 0.15) is 55.5 Å². The van der Waals surface area contributed by atoms with E-state index in [1.165, 1.54) is 6.92 Å². The maximum atomic E-state index is 12.2. The first-order chi connectivity index (χ1) is 8.45. The smallest absolute Gasteiger partial charge is 0.268 e. The quantitative estimate of drug-likeness (QED) is 0.811. The standard InChI is InChI=1S/C14H22N2O3/c1-9(17)10-7-11(16(6)8-10)12(18)15-13(2,3)14(4,5)19/h7-8,19H,1-6H3,(H,15,18). The number of Topliss-reactive ketones (excluding diaryl/α,β-unsaturated/α-hetero) is 1. The van der Waals surface area contributed by atoms with Gasteiger partial charge >= 0.3 is 0 Å². The maximum Gasteiger partial charge on any atom is 0.268 e. The highest BCUT2D eigenvalue weighted by atomic mass is 16.3. The molecule has 5 nitrogen and oxygen atoms in total. The van der Waals surface area contributed by atoms with Crippen LogP contribution in [0.15, 0.2) is 12.3 Å². The third-order valence-electron chi connectivity index (χ3n) is 3.60. The number of aliphatic hydroxyl groups is 1. The van der Waals surface area contributed by atoms with Crippen molar-refractivity contribution < 1.29 is 14.7 Å². The first-order valence-corrected chi connectivity index (χ1v) is 6.18. The highest BCUT2D eigenvalue weighted by molar-refractivity contribution is 5.99. The summed E-state index contributed by atoms with van der Waals surface area (Å²) in [6, 6.07) is 1.55. The Morgan fingerprint density at radius 3 is 2.16 bits per heavy atom. The van der Waals surface area contributed by atoms with Crippen LogP contribution in [-0.4, -0.2) is 32.5 Å². The van der Waals surface area contributed by atoms with Crippen LogP contribution in [0.4, 0.5) is 0 Å². The topological polar surface area (TPSA) is 71.3 Å². The first-order valence-electron chi connectivity index (χ1n) is 6.18. The van der Waals surface area contributed by atoms with Crippen molar-refractivity contribution in [3.05, 3.63) is 23.5 Å². The molecule has 0 atom stereocenters. The van der Waals surface area contributed by atoms with E-state index in [4.69, 9.17) is 0 Å². The Labute approximate surface area is 113 Å². The first kappa shape index (κ1) is 15.4. The fourth-order valence-electron chi connectivity index (χ4n) is 1.48. The number of nitrogens with one attached hydrogen (secondary N) is 1. The summed E-state index contributed by atoms with van der Waals surface area (Å²) in [5.74, 6) is -0.404. The van der Waals surface area contributed by atoms with Crippen molar-refractivity contribution in [2.75, 3.05) is 0 Å². The van der Waals surface area contributed by atoms with Crippen molar-refractivity contribution >= 4 is 11.7 Å². The molecule has 0 aliphatic carbocycles. The molecule has 0 radical (unpaired) electrons. The predicted octanol–water partition coefficient (Wildman–Crippen LogP) is 1.51. The van der Waals surface area contributed by atoms with Crippen molar-refractivity contribution in [2.45, 2.75) is 45.8 Å². The second-order valence-corrected chi connectivity index (χ2v) is 5.92. The minimum Gasteiger partial charge on any atom is -0.388 e. The van der Waals surface area contributed by atoms with Gasteiger partial charge in [-0.3, -0.25) is 9.59 Å². The van der Waals surface area contributed by atoms with Crippen LogP contribution in [0.5, 0.6) is 0 Å². The lowest BCUT2D eigenvalue weighted by Crippen LogP contribution is -2.57. The number of aromatic nitrogens is 1. The van der Waals surface area contributed by atoms with Crippen LogP contribution < -0.4 is 5.32 Å². The van der Waals surface area contributed by atoms with Crippen molar-refractivity contribution in [2.24, 2.45) is 7.05 Å². The maximum absolute atomic E-state index is 12.2. The Bertz CT molecular complexity index is 507. The molecule has 1 heterocycles. The molecule has 0 fully saturated rings. The molecule has 106 valence electrons. The largest absolute Gasteiger partial charge is 0.388 e. The molecule has 0 aliphatic rings. The van der Waals surface area contributed by atoms with Gasteiger partial charge < -0.3 is 15.0 Å². The van der Waals surface area contributed by atoms with E-state index >= 15 is 0 Å². The fourth-order valence-corrected chi connectivity index (χ4v) is 1.48. The van der Waals surface area contributed by atoms with Gasteiger partial charge in [0.25, 0.3) is 5.91 Å². The van der Waals surface area contributed by atoms with E-state index in [-0.39, 0.29) is 11.7 Å². The number of rotatable bonds is 4. The SMILES string of the molecule is CC(=O)c1cc(C(=O)NC(C)(C)C(C)(C)O)n(C)c1. The molecule has 0 saturated carbocycles. The van der Waals surface area contributed by atoms with E-state index in [2.05, 4.69) is 5.32 Å². The molecule has 0 aliphatic heterocycles. The molecule has 1 rings (SSSR count). The second-order valence-electron chi connectivity index (χ2n) is 5.92. The fraction of sp³-hybridized carbons (Fsp3) is 0.571. The molecular formula is C14H22N2O3. The van der Waals surface area contributed by atoms with Gasteiger partial charge in [-0.15, -0.1) is 0 Å². The summed E-state index contributed by atoms with van der Waals surface area (Å²) < 4.78 is 1.60. The van der Waals surface area contributed by atoms with Gasteiger partial charge in [0.05, 0.1) is 11.1 Å². The van der Waals surface area contributed by atoms with Crippen LogP contribution in [0.2, 0.25) is 0 Å². The number of aryl methyl sites for hydroxylation is 1. The molecule has 19 heavy (non-hydrogen) atoms. The van der Waals surface area contributed by atoms with Gasteiger partial charge in [0, 0.05) is 18.8 Å². The molecule has 0 aromatic carbocycles. The van der Waals surface area contributed by atoms with Crippen LogP contribution in [0.25, 0.3) is 0 Å². The van der Waals surface area contributed by atoms with Crippen molar-refractivity contribution in [3.63, 3.8) is 0 Å². The number of ketones is 1. The molecule has 0 bridgehead atoms. The summed E-state index contributed by atoms with van der Waals surface area (Å²) in [4.78, 5) is 23.5. The van der Waals surface area contributed by atoms with Crippen LogP contribution in [-0.2, 0) is 7.05 Å². The molecule has 5 heteroatoms. The zero-order chi connectivity index (χ0) is 15.0. The van der Waals surface area contributed by atoms with Crippen LogP contribution in [0, 0.1) is 0 Å². The average Bonchev–Trinajstić information content (AvgIpc) is 2.57. The third-order valence-corrected chi connectivity index (χ3v) is 3.60. The highest BCUT2D eigenvalue weighted by Crippen LogP contribution is 2.21. The van der Waals surface area contributed by atoms with E-state index in [9.17, 15) is 14.7 Å². The predicted molar refractivity (Wildman–Crippen MR) is 73.3 cm³/mol. The molecule has 1 amide bonds. The zero-order valence-electron chi connectivity index (χ0n) is 12.4. The van der Waals surface area contributed by atoms with Gasteiger partial charge in [0.1, 0.15) is 5.69 Å². The molecule has 1 aromatic heterocycles. The molecule has 0 spiro atoms. The monoisotopic (exact) mass is 266 g/mol. The van der Waals surface area contributed by atoms with E-state index < -0.39 is 11.1 Å². The summed E-state index contributed by atoms with van der Waals surface area (Å²) >= 11 is 0. The Hall–Kier alpha value is -1.62. The van der Waals surface area contributed by atoms with Gasteiger partial charge in [-0.2, -0.15) is 0 Å². The number of hydrogen-bond donors (Lipinski definition) is 2. The van der Waals surface area contributed by atoms with E-state index in [1.54, 1.807) is 51.6 Å². The van der Waals surface area contributed by atoms with E-state index in [0.29, 0.717) is 11.3 Å². The van der Waals surface area contributed by atoms with Crippen molar-refractivity contribution in [1.82, 2.24) is 9.88 Å². The van der Waals surface area contributed by atoms with Gasteiger partial charge in [-0.25, -0.2) is 0 Å². The number of carbonyl (C=O) groups excluding carboxylic acids is 2. The Kier molecular flexibility index (Phi) is 3.91. The lowest BCUT2D eigenvalue weighted by atomic mass is 9.86. The lowest BCUT2D eigenvalue weighted by molar-refractivity contribution is -0.00308. The second kappa shape index (κ2) is 4.81. The average molecular weight is 266 g/mol. The summed E-state index contributed by atoms with van der Waals surface area (Å²) in [5, 5.41) is 12.8. The Morgan fingerprint density at radius 2 is 1.79 bits per heavy atom. The summed E-state index contributed by atoms with van der Waals surface area (Å²) in [5.41, 5.74) is -0.960. The summed E-state index contributed by atoms with van der Waals surface area (Å²) in [7, 11) is 1.71. The number of carbonyl (C=O) groups is 2. The van der Waals surface area contributed by atoms with Gasteiger partial charge in [0.15, 0.2) is 5.78 Å². The number of hydrogen-bond acceptors (Lipinski definition) is 3. The zero-order valence-corrected chi connectivity index (χ0v) is 12.4. The summed E-state index contributed by atoms with van der Waals surface area (Å²) in [6.45, 7) is 8.23. The number of nitrogens with zero attached hydrogens (tertiary/aromatic N) is 1. The Morgan fingerprint density at radius 1 is 1.26 bits per heavy atom. The van der Waals surface area contributed by atoms with Crippen molar-refractivity contribution in [1.29, 1.82) is 0 Å². The molecule has 1 aromatic rings. The van der Waals surface area contributed by atoms with Crippen LogP contribution >= 0.6 is 0 Å². The molecule has 0 saturated heterocycles. The van der Waals surface area contributed by atoms with Crippen LogP contribution in [0.3, 0.4) is 0 Å². The Balaban J connectivity index is 3.00. The molecular weight excluding hydrogens is 244 g/mol. The van der Waals surface area contributed by atoms with Gasteiger partial charge in [0.2, 0.25) is 0 Å².